The van der Waals surface area contributed by atoms with Crippen molar-refractivity contribution in [1.29, 1.82) is 0 Å². The van der Waals surface area contributed by atoms with Crippen molar-refractivity contribution in [3.8, 4) is 0 Å². The van der Waals surface area contributed by atoms with Crippen molar-refractivity contribution in [3.05, 3.63) is 23.9 Å². The Bertz CT molecular complexity index is 233. The molecule has 0 unspecified atom stereocenters. The van der Waals surface area contributed by atoms with Crippen LogP contribution in [0.4, 0.5) is 0 Å². The van der Waals surface area contributed by atoms with Gasteiger partial charge in [-0.25, -0.2) is 0 Å². The summed E-state index contributed by atoms with van der Waals surface area (Å²) in [7, 11) is 0. The summed E-state index contributed by atoms with van der Waals surface area (Å²) >= 11 is -1.29. The number of rotatable bonds is 2. The molecular formula is C11H20NSn. The van der Waals surface area contributed by atoms with Gasteiger partial charge < -0.3 is 0 Å². The molecule has 0 saturated carbocycles. The topological polar surface area (TPSA) is 3.24 Å². The molecule has 2 heteroatoms. The summed E-state index contributed by atoms with van der Waals surface area (Å²) in [5, 5.41) is 0. The van der Waals surface area contributed by atoms with E-state index in [1.807, 2.05) is 0 Å². The number of nitrogens with zero attached hydrogens (tertiary/aromatic N) is 1. The Morgan fingerprint density at radius 3 is 2.23 bits per heavy atom. The molecule has 0 spiro atoms. The molecule has 1 rings (SSSR count). The minimum absolute atomic E-state index is 0.316. The molecule has 0 amide bonds. The summed E-state index contributed by atoms with van der Waals surface area (Å²) in [6, 6.07) is 0. The zero-order chi connectivity index (χ0) is 10.1. The first-order valence-electron chi connectivity index (χ1n) is 4.89. The molecule has 0 saturated heterocycles. The zero-order valence-electron chi connectivity index (χ0n) is 9.39. The third-order valence-electron chi connectivity index (χ3n) is 2.16. The van der Waals surface area contributed by atoms with Gasteiger partial charge in [-0.3, -0.25) is 0 Å². The minimum atomic E-state index is -1.29. The number of hydrogen-bond donors (Lipinski definition) is 0. The molecule has 73 valence electrons. The zero-order valence-corrected chi connectivity index (χ0v) is 12.2. The molecule has 0 heterocycles. The Labute approximate surface area is 89.6 Å². The molecule has 0 bridgehead atoms. The molecule has 0 fully saturated rings. The second-order valence-electron chi connectivity index (χ2n) is 4.74. The predicted octanol–water partition coefficient (Wildman–Crippen LogP) is 3.18. The van der Waals surface area contributed by atoms with Crippen LogP contribution in [0.1, 0.15) is 27.2 Å². The van der Waals surface area contributed by atoms with Crippen molar-refractivity contribution in [2.45, 2.75) is 42.6 Å². The molecule has 1 radical (unpaired) electrons. The summed E-state index contributed by atoms with van der Waals surface area (Å²) < 4.78 is 2.69. The molecule has 0 aliphatic heterocycles. The first-order valence-corrected chi connectivity index (χ1v) is 11.9. The first kappa shape index (κ1) is 11.2. The maximum atomic E-state index is 2.69. The van der Waals surface area contributed by atoms with E-state index < -0.39 is 20.0 Å². The summed E-state index contributed by atoms with van der Waals surface area (Å²) in [6.45, 7) is 6.96. The Morgan fingerprint density at radius 2 is 1.92 bits per heavy atom. The van der Waals surface area contributed by atoms with E-state index in [2.05, 4.69) is 52.0 Å². The molecule has 0 atom stereocenters. The molecule has 1 aliphatic carbocycles. The van der Waals surface area contributed by atoms with E-state index >= 15 is 0 Å². The van der Waals surface area contributed by atoms with Crippen LogP contribution in [0.3, 0.4) is 0 Å². The number of hydrogen-bond acceptors (Lipinski definition) is 1. The van der Waals surface area contributed by atoms with Crippen molar-refractivity contribution < 1.29 is 0 Å². The molecule has 1 aliphatic rings. The average Bonchev–Trinajstić information content (AvgIpc) is 2.34. The van der Waals surface area contributed by atoms with Crippen molar-refractivity contribution in [2.75, 3.05) is 0 Å². The van der Waals surface area contributed by atoms with Crippen LogP contribution in [-0.2, 0) is 0 Å². The second kappa shape index (κ2) is 4.07. The van der Waals surface area contributed by atoms with Crippen molar-refractivity contribution in [3.63, 3.8) is 0 Å². The van der Waals surface area contributed by atoms with Gasteiger partial charge >= 0.3 is 89.7 Å². The molecule has 1 nitrogen and oxygen atoms in total. The van der Waals surface area contributed by atoms with E-state index in [0.717, 1.165) is 6.42 Å². The van der Waals surface area contributed by atoms with Gasteiger partial charge in [-0.1, -0.05) is 0 Å². The van der Waals surface area contributed by atoms with Gasteiger partial charge in [0.15, 0.2) is 0 Å². The molecule has 0 N–H and O–H groups in total. The third kappa shape index (κ3) is 2.76. The molecule has 0 aromatic carbocycles. The van der Waals surface area contributed by atoms with E-state index in [1.54, 1.807) is 0 Å². The molecule has 0 aromatic heterocycles. The fraction of sp³-hybridized carbons (Fsp3) is 0.636. The molecule has 13 heavy (non-hydrogen) atoms. The number of allylic oxidation sites excluding steroid dienone is 3. The molecular weight excluding hydrogens is 265 g/mol. The summed E-state index contributed by atoms with van der Waals surface area (Å²) in [6.07, 6.45) is 7.85. The summed E-state index contributed by atoms with van der Waals surface area (Å²) in [5.41, 5.74) is 1.85. The third-order valence-corrected chi connectivity index (χ3v) is 7.44. The van der Waals surface area contributed by atoms with E-state index in [-0.39, 0.29) is 0 Å². The van der Waals surface area contributed by atoms with Gasteiger partial charge in [0.2, 0.25) is 0 Å². The van der Waals surface area contributed by atoms with Crippen molar-refractivity contribution in [1.82, 2.24) is 3.12 Å². The van der Waals surface area contributed by atoms with Gasteiger partial charge in [0.1, 0.15) is 0 Å². The van der Waals surface area contributed by atoms with Crippen molar-refractivity contribution >= 4 is 20.0 Å². The Hall–Kier alpha value is 0.0787. The SMILES string of the molecule is [CH3][Sn]([CH3])[N](C1=CC=CC1)C(C)(C)C. The van der Waals surface area contributed by atoms with E-state index in [0.29, 0.717) is 5.54 Å². The van der Waals surface area contributed by atoms with Crippen LogP contribution in [0.2, 0.25) is 9.88 Å². The monoisotopic (exact) mass is 286 g/mol. The first-order chi connectivity index (χ1) is 5.93. The second-order valence-corrected chi connectivity index (χ2v) is 11.4. The van der Waals surface area contributed by atoms with Crippen LogP contribution in [0.5, 0.6) is 0 Å². The Balaban J connectivity index is 2.81. The average molecular weight is 285 g/mol. The fourth-order valence-corrected chi connectivity index (χ4v) is 7.93. The van der Waals surface area contributed by atoms with Crippen LogP contribution in [0.15, 0.2) is 23.9 Å². The summed E-state index contributed by atoms with van der Waals surface area (Å²) in [4.78, 5) is 4.90. The Morgan fingerprint density at radius 1 is 1.31 bits per heavy atom. The predicted molar refractivity (Wildman–Crippen MR) is 60.9 cm³/mol. The van der Waals surface area contributed by atoms with Gasteiger partial charge in [-0.15, -0.1) is 0 Å². The van der Waals surface area contributed by atoms with Gasteiger partial charge in [0.05, 0.1) is 0 Å². The van der Waals surface area contributed by atoms with E-state index in [1.165, 1.54) is 5.70 Å². The molecule has 0 aromatic rings. The quantitative estimate of drug-likeness (QED) is 0.704. The van der Waals surface area contributed by atoms with Crippen LogP contribution in [0, 0.1) is 0 Å². The van der Waals surface area contributed by atoms with E-state index in [4.69, 9.17) is 0 Å². The van der Waals surface area contributed by atoms with Crippen LogP contribution >= 0.6 is 0 Å². The maximum absolute atomic E-state index is 2.69. The van der Waals surface area contributed by atoms with Gasteiger partial charge in [-0.05, 0) is 0 Å². The van der Waals surface area contributed by atoms with E-state index in [9.17, 15) is 0 Å². The van der Waals surface area contributed by atoms with Gasteiger partial charge in [-0.2, -0.15) is 0 Å². The normalized spacial score (nSPS) is 16.6. The summed E-state index contributed by atoms with van der Waals surface area (Å²) in [5.74, 6) is 0. The fourth-order valence-electron chi connectivity index (χ4n) is 1.99. The van der Waals surface area contributed by atoms with Crippen LogP contribution < -0.4 is 0 Å². The standard InChI is InChI=1S/C9H14N.2CH3.Sn/c1-9(2,3)10-8-6-4-5-7-8;;;/h4-6H,7H2,1-3H3;2*1H3;/q-1;;;+1. The van der Waals surface area contributed by atoms with Gasteiger partial charge in [0.25, 0.3) is 0 Å². The Kier molecular flexibility index (Phi) is 3.49. The van der Waals surface area contributed by atoms with Crippen LogP contribution in [-0.4, -0.2) is 28.7 Å². The van der Waals surface area contributed by atoms with Crippen molar-refractivity contribution in [2.24, 2.45) is 0 Å². The van der Waals surface area contributed by atoms with Crippen LogP contribution in [0.25, 0.3) is 0 Å². The van der Waals surface area contributed by atoms with Gasteiger partial charge in [0, 0.05) is 0 Å².